The van der Waals surface area contributed by atoms with Crippen LogP contribution in [0.15, 0.2) is 21.5 Å². The van der Waals surface area contributed by atoms with Gasteiger partial charge >= 0.3 is 5.97 Å². The average molecular weight is 390 g/mol. The van der Waals surface area contributed by atoms with Gasteiger partial charge in [0.05, 0.1) is 9.38 Å². The molecular weight excluding hydrogens is 382 g/mol. The first-order valence-corrected chi connectivity index (χ1v) is 7.50. The monoisotopic (exact) mass is 389 g/mol. The zero-order valence-electron chi connectivity index (χ0n) is 10.2. The second-order valence-electron chi connectivity index (χ2n) is 4.02. The third kappa shape index (κ3) is 3.36. The number of thiocarbonyl (C=S) groups is 1. The Morgan fingerprint density at radius 3 is 2.67 bits per heavy atom. The van der Waals surface area contributed by atoms with Crippen molar-refractivity contribution in [1.82, 2.24) is 4.90 Å². The van der Waals surface area contributed by atoms with Crippen LogP contribution in [0.2, 0.25) is 0 Å². The largest absolute Gasteiger partial charge is 0.507 e. The van der Waals surface area contributed by atoms with Gasteiger partial charge in [-0.15, -0.1) is 0 Å². The van der Waals surface area contributed by atoms with Gasteiger partial charge < -0.3 is 15.3 Å². The molecule has 0 saturated carbocycles. The van der Waals surface area contributed by atoms with Crippen molar-refractivity contribution in [1.29, 1.82) is 0 Å². The van der Waals surface area contributed by atoms with Gasteiger partial charge in [0.15, 0.2) is 0 Å². The number of aromatic hydroxyl groups is 2. The summed E-state index contributed by atoms with van der Waals surface area (Å²) < 4.78 is 0.499. The summed E-state index contributed by atoms with van der Waals surface area (Å²) in [6.45, 7) is -0.507. The first-order chi connectivity index (χ1) is 9.79. The number of carboxylic acid groups (broad SMARTS) is 1. The molecule has 1 aromatic rings. The summed E-state index contributed by atoms with van der Waals surface area (Å²) in [5.41, 5.74) is 0.301. The fraction of sp³-hybridized carbons (Fsp3) is 0.0833. The van der Waals surface area contributed by atoms with Crippen LogP contribution in [0.3, 0.4) is 0 Å². The lowest BCUT2D eigenvalue weighted by Gasteiger charge is -2.10. The molecule has 1 amide bonds. The molecule has 0 atom stereocenters. The van der Waals surface area contributed by atoms with E-state index in [2.05, 4.69) is 15.9 Å². The molecular formula is C12H8BrNO5S2. The van der Waals surface area contributed by atoms with Gasteiger partial charge in [-0.1, -0.05) is 24.0 Å². The number of rotatable bonds is 3. The van der Waals surface area contributed by atoms with E-state index in [4.69, 9.17) is 17.3 Å². The Morgan fingerprint density at radius 2 is 2.05 bits per heavy atom. The van der Waals surface area contributed by atoms with Crippen LogP contribution in [0.4, 0.5) is 0 Å². The molecule has 0 bridgehead atoms. The quantitative estimate of drug-likeness (QED) is 0.537. The molecule has 1 saturated heterocycles. The van der Waals surface area contributed by atoms with E-state index in [0.29, 0.717) is 10.0 Å². The molecule has 0 unspecified atom stereocenters. The SMILES string of the molecule is O=C(O)CN1C(=O)/C(=C\c2cc(Br)c(O)cc2O)SC1=S. The number of benzene rings is 1. The summed E-state index contributed by atoms with van der Waals surface area (Å²) in [4.78, 5) is 23.9. The zero-order chi connectivity index (χ0) is 15.7. The normalized spacial score (nSPS) is 16.8. The number of carbonyl (C=O) groups is 2. The number of thioether (sulfide) groups is 1. The molecule has 0 spiro atoms. The second kappa shape index (κ2) is 6.04. The standard InChI is InChI=1S/C12H8BrNO5S2/c13-6-1-5(7(15)3-8(6)16)2-9-11(19)14(4-10(17)18)12(20)21-9/h1-3,15-16H,4H2,(H,17,18)/b9-2+. The molecule has 1 aliphatic heterocycles. The highest BCUT2D eigenvalue weighted by atomic mass is 79.9. The van der Waals surface area contributed by atoms with E-state index < -0.39 is 18.4 Å². The Balaban J connectivity index is 2.35. The van der Waals surface area contributed by atoms with Crippen molar-refractivity contribution in [2.24, 2.45) is 0 Å². The second-order valence-corrected chi connectivity index (χ2v) is 6.55. The maximum atomic E-state index is 12.1. The van der Waals surface area contributed by atoms with E-state index in [0.717, 1.165) is 22.7 Å². The Bertz CT molecular complexity index is 688. The first kappa shape index (κ1) is 15.8. The van der Waals surface area contributed by atoms with Crippen LogP contribution in [0.25, 0.3) is 6.08 Å². The summed E-state index contributed by atoms with van der Waals surface area (Å²) in [6, 6.07) is 2.57. The Hall–Kier alpha value is -1.58. The molecule has 9 heteroatoms. The van der Waals surface area contributed by atoms with E-state index in [1.54, 1.807) is 0 Å². The van der Waals surface area contributed by atoms with E-state index in [9.17, 15) is 19.8 Å². The number of amides is 1. The molecule has 1 fully saturated rings. The van der Waals surface area contributed by atoms with Gasteiger partial charge in [0, 0.05) is 11.6 Å². The molecule has 21 heavy (non-hydrogen) atoms. The Morgan fingerprint density at radius 1 is 1.38 bits per heavy atom. The lowest BCUT2D eigenvalue weighted by molar-refractivity contribution is -0.140. The smallest absolute Gasteiger partial charge is 0.323 e. The van der Waals surface area contributed by atoms with E-state index >= 15 is 0 Å². The first-order valence-electron chi connectivity index (χ1n) is 5.48. The predicted octanol–water partition coefficient (Wildman–Crippen LogP) is 2.15. The summed E-state index contributed by atoms with van der Waals surface area (Å²) >= 11 is 9.02. The van der Waals surface area contributed by atoms with Gasteiger partial charge in [0.2, 0.25) is 0 Å². The fourth-order valence-electron chi connectivity index (χ4n) is 1.59. The van der Waals surface area contributed by atoms with Crippen LogP contribution in [0.5, 0.6) is 11.5 Å². The van der Waals surface area contributed by atoms with Crippen molar-refractivity contribution >= 4 is 62.2 Å². The Labute approximate surface area is 137 Å². The van der Waals surface area contributed by atoms with Gasteiger partial charge in [-0.05, 0) is 28.1 Å². The van der Waals surface area contributed by atoms with Crippen molar-refractivity contribution in [2.75, 3.05) is 6.54 Å². The predicted molar refractivity (Wildman–Crippen MR) is 85.0 cm³/mol. The summed E-state index contributed by atoms with van der Waals surface area (Å²) in [7, 11) is 0. The molecule has 2 rings (SSSR count). The number of nitrogens with zero attached hydrogens (tertiary/aromatic N) is 1. The van der Waals surface area contributed by atoms with Gasteiger partial charge in [-0.25, -0.2) is 0 Å². The van der Waals surface area contributed by atoms with Gasteiger partial charge in [0.1, 0.15) is 22.4 Å². The highest BCUT2D eigenvalue weighted by Crippen LogP contribution is 2.37. The topological polar surface area (TPSA) is 98.1 Å². The van der Waals surface area contributed by atoms with Crippen LogP contribution in [-0.4, -0.2) is 43.0 Å². The maximum Gasteiger partial charge on any atom is 0.323 e. The number of halogens is 1. The summed E-state index contributed by atoms with van der Waals surface area (Å²) in [5, 5.41) is 27.9. The fourth-order valence-corrected chi connectivity index (χ4v) is 3.20. The number of carbonyl (C=O) groups excluding carboxylic acids is 1. The number of aliphatic carboxylic acids is 1. The minimum Gasteiger partial charge on any atom is -0.507 e. The van der Waals surface area contributed by atoms with Crippen molar-refractivity contribution < 1.29 is 24.9 Å². The van der Waals surface area contributed by atoms with E-state index in [1.807, 2.05) is 0 Å². The van der Waals surface area contributed by atoms with Crippen molar-refractivity contribution in [2.45, 2.75) is 0 Å². The molecule has 1 aromatic carbocycles. The van der Waals surface area contributed by atoms with Crippen molar-refractivity contribution in [3.05, 3.63) is 27.1 Å². The lowest BCUT2D eigenvalue weighted by Crippen LogP contribution is -2.33. The average Bonchev–Trinajstić information content (AvgIpc) is 2.63. The van der Waals surface area contributed by atoms with Gasteiger partial charge in [0.25, 0.3) is 5.91 Å². The van der Waals surface area contributed by atoms with Crippen molar-refractivity contribution in [3.63, 3.8) is 0 Å². The molecule has 3 N–H and O–H groups in total. The Kier molecular flexibility index (Phi) is 4.55. The van der Waals surface area contributed by atoms with Crippen LogP contribution in [-0.2, 0) is 9.59 Å². The molecule has 0 aromatic heterocycles. The number of hydrogen-bond donors (Lipinski definition) is 3. The van der Waals surface area contributed by atoms with Gasteiger partial charge in [-0.3, -0.25) is 14.5 Å². The number of carboxylic acids is 1. The third-order valence-electron chi connectivity index (χ3n) is 2.55. The minimum atomic E-state index is -1.16. The highest BCUT2D eigenvalue weighted by molar-refractivity contribution is 9.10. The molecule has 6 nitrogen and oxygen atoms in total. The summed E-state index contributed by atoms with van der Waals surface area (Å²) in [6.07, 6.45) is 1.39. The minimum absolute atomic E-state index is 0.136. The number of hydrogen-bond acceptors (Lipinski definition) is 6. The molecule has 1 heterocycles. The molecule has 0 radical (unpaired) electrons. The van der Waals surface area contributed by atoms with Crippen molar-refractivity contribution in [3.8, 4) is 11.5 Å². The van der Waals surface area contributed by atoms with Crippen LogP contribution in [0.1, 0.15) is 5.56 Å². The zero-order valence-corrected chi connectivity index (χ0v) is 13.5. The summed E-state index contributed by atoms with van der Waals surface area (Å²) in [5.74, 6) is -2.04. The van der Waals surface area contributed by atoms with Crippen LogP contribution >= 0.6 is 39.9 Å². The molecule has 1 aliphatic rings. The van der Waals surface area contributed by atoms with E-state index in [-0.39, 0.29) is 20.7 Å². The van der Waals surface area contributed by atoms with Crippen LogP contribution < -0.4 is 0 Å². The van der Waals surface area contributed by atoms with Crippen LogP contribution in [0, 0.1) is 0 Å². The highest BCUT2D eigenvalue weighted by Gasteiger charge is 2.33. The van der Waals surface area contributed by atoms with Gasteiger partial charge in [-0.2, -0.15) is 0 Å². The molecule has 0 aliphatic carbocycles. The van der Waals surface area contributed by atoms with E-state index in [1.165, 1.54) is 12.1 Å². The maximum absolute atomic E-state index is 12.1. The third-order valence-corrected chi connectivity index (χ3v) is 4.56. The molecule has 110 valence electrons. The number of phenols is 2. The number of phenolic OH excluding ortho intramolecular Hbond substituents is 2. The lowest BCUT2D eigenvalue weighted by atomic mass is 10.1.